The SMILES string of the molecule is CCc1ccc(Cn2cc(C(N)CC)nn2)s1. The highest BCUT2D eigenvalue weighted by atomic mass is 32.1. The predicted molar refractivity (Wildman–Crippen MR) is 70.0 cm³/mol. The summed E-state index contributed by atoms with van der Waals surface area (Å²) in [6, 6.07) is 4.33. The molecule has 2 N–H and O–H groups in total. The van der Waals surface area contributed by atoms with Crippen molar-refractivity contribution < 1.29 is 0 Å². The average Bonchev–Trinajstić information content (AvgIpc) is 2.97. The van der Waals surface area contributed by atoms with Crippen LogP contribution in [0.25, 0.3) is 0 Å². The molecule has 1 unspecified atom stereocenters. The quantitative estimate of drug-likeness (QED) is 0.886. The number of nitrogens with zero attached hydrogens (tertiary/aromatic N) is 3. The first-order valence-corrected chi connectivity index (χ1v) is 6.77. The van der Waals surface area contributed by atoms with E-state index in [4.69, 9.17) is 5.73 Å². The number of hydrogen-bond acceptors (Lipinski definition) is 4. The van der Waals surface area contributed by atoms with Gasteiger partial charge >= 0.3 is 0 Å². The fourth-order valence-corrected chi connectivity index (χ4v) is 2.58. The molecule has 4 nitrogen and oxygen atoms in total. The second-order valence-corrected chi connectivity index (χ2v) is 5.33. The van der Waals surface area contributed by atoms with Gasteiger partial charge in [0.05, 0.1) is 24.5 Å². The molecule has 2 aromatic rings. The van der Waals surface area contributed by atoms with E-state index < -0.39 is 0 Å². The van der Waals surface area contributed by atoms with E-state index in [2.05, 4.69) is 36.3 Å². The van der Waals surface area contributed by atoms with Crippen molar-refractivity contribution in [2.45, 2.75) is 39.3 Å². The van der Waals surface area contributed by atoms with Crippen LogP contribution in [0.3, 0.4) is 0 Å². The highest BCUT2D eigenvalue weighted by Crippen LogP contribution is 2.18. The lowest BCUT2D eigenvalue weighted by Crippen LogP contribution is -2.08. The highest BCUT2D eigenvalue weighted by Gasteiger charge is 2.08. The summed E-state index contributed by atoms with van der Waals surface area (Å²) in [4.78, 5) is 2.72. The molecule has 0 aliphatic heterocycles. The second kappa shape index (κ2) is 5.42. The van der Waals surface area contributed by atoms with E-state index >= 15 is 0 Å². The molecule has 1 atom stereocenters. The predicted octanol–water partition coefficient (Wildman–Crippen LogP) is 2.36. The van der Waals surface area contributed by atoms with Crippen LogP contribution < -0.4 is 5.73 Å². The molecule has 0 aliphatic rings. The summed E-state index contributed by atoms with van der Waals surface area (Å²) in [6.07, 6.45) is 3.92. The Morgan fingerprint density at radius 1 is 1.35 bits per heavy atom. The van der Waals surface area contributed by atoms with Gasteiger partial charge in [-0.2, -0.15) is 0 Å². The molecule has 0 aromatic carbocycles. The van der Waals surface area contributed by atoms with Crippen molar-refractivity contribution in [3.63, 3.8) is 0 Å². The molecule has 2 aromatic heterocycles. The molecule has 2 rings (SSSR count). The van der Waals surface area contributed by atoms with E-state index in [0.29, 0.717) is 0 Å². The van der Waals surface area contributed by atoms with Crippen molar-refractivity contribution in [1.82, 2.24) is 15.0 Å². The summed E-state index contributed by atoms with van der Waals surface area (Å²) < 4.78 is 1.86. The van der Waals surface area contributed by atoms with Crippen molar-refractivity contribution in [1.29, 1.82) is 0 Å². The zero-order chi connectivity index (χ0) is 12.3. The van der Waals surface area contributed by atoms with Crippen LogP contribution in [-0.2, 0) is 13.0 Å². The Morgan fingerprint density at radius 3 is 2.76 bits per heavy atom. The van der Waals surface area contributed by atoms with Crippen LogP contribution in [-0.4, -0.2) is 15.0 Å². The summed E-state index contributed by atoms with van der Waals surface area (Å²) in [5, 5.41) is 8.21. The van der Waals surface area contributed by atoms with Gasteiger partial charge in [0.15, 0.2) is 0 Å². The summed E-state index contributed by atoms with van der Waals surface area (Å²) >= 11 is 1.83. The molecule has 5 heteroatoms. The van der Waals surface area contributed by atoms with Gasteiger partial charge in [0.2, 0.25) is 0 Å². The second-order valence-electron chi connectivity index (χ2n) is 4.08. The van der Waals surface area contributed by atoms with Gasteiger partial charge in [-0.05, 0) is 25.0 Å². The minimum absolute atomic E-state index is 0.00158. The number of aromatic nitrogens is 3. The Bertz CT molecular complexity index is 474. The van der Waals surface area contributed by atoms with Crippen LogP contribution >= 0.6 is 11.3 Å². The van der Waals surface area contributed by atoms with Gasteiger partial charge in [-0.25, -0.2) is 4.68 Å². The van der Waals surface area contributed by atoms with E-state index in [9.17, 15) is 0 Å². The van der Waals surface area contributed by atoms with Gasteiger partial charge in [-0.1, -0.05) is 19.1 Å². The number of thiophene rings is 1. The van der Waals surface area contributed by atoms with E-state index in [1.807, 2.05) is 22.2 Å². The Kier molecular flexibility index (Phi) is 3.91. The molecule has 0 saturated heterocycles. The van der Waals surface area contributed by atoms with Gasteiger partial charge in [-0.3, -0.25) is 0 Å². The average molecular weight is 250 g/mol. The molecular formula is C12H18N4S. The van der Waals surface area contributed by atoms with E-state index in [-0.39, 0.29) is 6.04 Å². The van der Waals surface area contributed by atoms with Crippen LogP contribution in [0.2, 0.25) is 0 Å². The van der Waals surface area contributed by atoms with Gasteiger partial charge in [0.25, 0.3) is 0 Å². The van der Waals surface area contributed by atoms with Gasteiger partial charge < -0.3 is 5.73 Å². The van der Waals surface area contributed by atoms with Crippen molar-refractivity contribution in [3.8, 4) is 0 Å². The lowest BCUT2D eigenvalue weighted by atomic mass is 10.2. The molecule has 17 heavy (non-hydrogen) atoms. The zero-order valence-electron chi connectivity index (χ0n) is 10.3. The molecule has 0 saturated carbocycles. The first-order chi connectivity index (χ1) is 8.22. The van der Waals surface area contributed by atoms with E-state index in [1.165, 1.54) is 9.75 Å². The third kappa shape index (κ3) is 2.92. The lowest BCUT2D eigenvalue weighted by molar-refractivity contribution is 0.649. The number of rotatable bonds is 5. The van der Waals surface area contributed by atoms with Crippen LogP contribution in [0.1, 0.15) is 41.8 Å². The fraction of sp³-hybridized carbons (Fsp3) is 0.500. The molecule has 0 bridgehead atoms. The first kappa shape index (κ1) is 12.3. The minimum Gasteiger partial charge on any atom is -0.323 e. The molecule has 0 aliphatic carbocycles. The fourth-order valence-electron chi connectivity index (χ4n) is 1.63. The molecule has 0 amide bonds. The third-order valence-electron chi connectivity index (χ3n) is 2.76. The topological polar surface area (TPSA) is 56.7 Å². The minimum atomic E-state index is -0.00158. The van der Waals surface area contributed by atoms with E-state index in [0.717, 1.165) is 25.1 Å². The number of aryl methyl sites for hydroxylation is 1. The lowest BCUT2D eigenvalue weighted by Gasteiger charge is -2.01. The Morgan fingerprint density at radius 2 is 2.12 bits per heavy atom. The van der Waals surface area contributed by atoms with Gasteiger partial charge in [0, 0.05) is 9.75 Å². The number of hydrogen-bond donors (Lipinski definition) is 1. The summed E-state index contributed by atoms with van der Waals surface area (Å²) in [5.41, 5.74) is 6.79. The first-order valence-electron chi connectivity index (χ1n) is 5.96. The third-order valence-corrected chi connectivity index (χ3v) is 3.97. The molecule has 92 valence electrons. The molecule has 0 spiro atoms. The zero-order valence-corrected chi connectivity index (χ0v) is 11.1. The standard InChI is InChI=1S/C12H18N4S/c1-3-9-5-6-10(17-9)7-16-8-12(14-15-16)11(13)4-2/h5-6,8,11H,3-4,7,13H2,1-2H3. The summed E-state index contributed by atoms with van der Waals surface area (Å²) in [5.74, 6) is 0. The Hall–Kier alpha value is -1.20. The molecular weight excluding hydrogens is 232 g/mol. The normalized spacial score (nSPS) is 12.9. The van der Waals surface area contributed by atoms with Crippen LogP contribution in [0.4, 0.5) is 0 Å². The van der Waals surface area contributed by atoms with Crippen molar-refractivity contribution >= 4 is 11.3 Å². The maximum atomic E-state index is 5.91. The molecule has 0 fully saturated rings. The Balaban J connectivity index is 2.06. The van der Waals surface area contributed by atoms with Gasteiger partial charge in [-0.15, -0.1) is 16.4 Å². The van der Waals surface area contributed by atoms with E-state index in [1.54, 1.807) is 0 Å². The number of nitrogens with two attached hydrogens (primary N) is 1. The van der Waals surface area contributed by atoms with Crippen LogP contribution in [0.15, 0.2) is 18.3 Å². The maximum Gasteiger partial charge on any atom is 0.0994 e. The highest BCUT2D eigenvalue weighted by molar-refractivity contribution is 7.11. The van der Waals surface area contributed by atoms with Gasteiger partial charge in [0.1, 0.15) is 0 Å². The smallest absolute Gasteiger partial charge is 0.0994 e. The van der Waals surface area contributed by atoms with Crippen LogP contribution in [0, 0.1) is 0 Å². The van der Waals surface area contributed by atoms with Crippen molar-refractivity contribution in [3.05, 3.63) is 33.8 Å². The monoisotopic (exact) mass is 250 g/mol. The summed E-state index contributed by atoms with van der Waals surface area (Å²) in [6.45, 7) is 5.01. The largest absolute Gasteiger partial charge is 0.323 e. The van der Waals surface area contributed by atoms with Crippen molar-refractivity contribution in [2.24, 2.45) is 5.73 Å². The maximum absolute atomic E-state index is 5.91. The summed E-state index contributed by atoms with van der Waals surface area (Å²) in [7, 11) is 0. The Labute approximate surface area is 105 Å². The molecule has 2 heterocycles. The molecule has 0 radical (unpaired) electrons. The van der Waals surface area contributed by atoms with Crippen LogP contribution in [0.5, 0.6) is 0 Å². The van der Waals surface area contributed by atoms with Crippen molar-refractivity contribution in [2.75, 3.05) is 0 Å².